The molecule has 1 saturated carbocycles. The lowest BCUT2D eigenvalue weighted by Gasteiger charge is -2.43. The minimum absolute atomic E-state index is 0.00920. The van der Waals surface area contributed by atoms with Crippen LogP contribution in [0.25, 0.3) is 0 Å². The molecule has 0 saturated heterocycles. The van der Waals surface area contributed by atoms with Crippen LogP contribution in [0.2, 0.25) is 0 Å². The van der Waals surface area contributed by atoms with Gasteiger partial charge in [-0.1, -0.05) is 25.7 Å². The number of benzene rings is 1. The number of carbonyl (C=O) groups is 3. The fourth-order valence-electron chi connectivity index (χ4n) is 4.56. The summed E-state index contributed by atoms with van der Waals surface area (Å²) in [6.45, 7) is 1.77. The fourth-order valence-corrected chi connectivity index (χ4v) is 4.56. The van der Waals surface area contributed by atoms with E-state index < -0.39 is 17.4 Å². The van der Waals surface area contributed by atoms with Gasteiger partial charge in [0.2, 0.25) is 5.91 Å². The molecule has 1 aliphatic carbocycles. The summed E-state index contributed by atoms with van der Waals surface area (Å²) >= 11 is 0. The van der Waals surface area contributed by atoms with E-state index in [4.69, 9.17) is 4.74 Å². The SMILES string of the molecule is COC(=O)c1cc2n(n1)CC(C)(C(=O)NC1CCCCCC1)N(c1ccc(O)cc1)C2=O. The number of nitrogens with one attached hydrogen (secondary N) is 1. The molecular formula is C23H28N4O5. The van der Waals surface area contributed by atoms with Gasteiger partial charge in [0.15, 0.2) is 5.69 Å². The van der Waals surface area contributed by atoms with Gasteiger partial charge in [0.1, 0.15) is 17.0 Å². The number of hydrogen-bond donors (Lipinski definition) is 2. The highest BCUT2D eigenvalue weighted by Crippen LogP contribution is 2.34. The van der Waals surface area contributed by atoms with Crippen LogP contribution in [-0.4, -0.2) is 51.4 Å². The summed E-state index contributed by atoms with van der Waals surface area (Å²) in [5, 5.41) is 17.1. The van der Waals surface area contributed by atoms with Gasteiger partial charge in [-0.05, 0) is 44.0 Å². The lowest BCUT2D eigenvalue weighted by Crippen LogP contribution is -2.65. The Kier molecular flexibility index (Phi) is 5.90. The number of amides is 2. The van der Waals surface area contributed by atoms with E-state index in [9.17, 15) is 19.5 Å². The first-order chi connectivity index (χ1) is 15.3. The molecule has 2 N–H and O–H groups in total. The number of nitrogens with zero attached hydrogens (tertiary/aromatic N) is 3. The van der Waals surface area contributed by atoms with Gasteiger partial charge >= 0.3 is 5.97 Å². The number of esters is 1. The summed E-state index contributed by atoms with van der Waals surface area (Å²) in [5.41, 5.74) is -0.612. The van der Waals surface area contributed by atoms with Crippen LogP contribution in [0.1, 0.15) is 66.4 Å². The van der Waals surface area contributed by atoms with E-state index in [0.717, 1.165) is 38.5 Å². The summed E-state index contributed by atoms with van der Waals surface area (Å²) in [5.74, 6) is -1.32. The zero-order valence-electron chi connectivity index (χ0n) is 18.3. The average Bonchev–Trinajstić information content (AvgIpc) is 3.03. The number of aromatic hydroxyl groups is 1. The Balaban J connectivity index is 1.73. The molecule has 0 radical (unpaired) electrons. The summed E-state index contributed by atoms with van der Waals surface area (Å²) in [6, 6.07) is 7.57. The van der Waals surface area contributed by atoms with Gasteiger partial charge in [0, 0.05) is 17.8 Å². The van der Waals surface area contributed by atoms with Crippen LogP contribution in [0, 0.1) is 0 Å². The quantitative estimate of drug-likeness (QED) is 0.558. The van der Waals surface area contributed by atoms with E-state index in [1.54, 1.807) is 19.1 Å². The standard InChI is InChI=1S/C23H28N4O5/c1-23(22(31)24-15-7-5-3-4-6-8-15)14-26-19(13-18(25-26)21(30)32-2)20(29)27(23)16-9-11-17(28)12-10-16/h9-13,15,28H,3-8,14H2,1-2H3,(H,24,31). The highest BCUT2D eigenvalue weighted by atomic mass is 16.5. The molecule has 1 unspecified atom stereocenters. The number of anilines is 1. The van der Waals surface area contributed by atoms with Crippen LogP contribution < -0.4 is 10.2 Å². The third kappa shape index (κ3) is 3.94. The highest BCUT2D eigenvalue weighted by molar-refractivity contribution is 6.12. The Morgan fingerprint density at radius 1 is 1.16 bits per heavy atom. The largest absolute Gasteiger partial charge is 0.508 e. The molecule has 170 valence electrons. The zero-order chi connectivity index (χ0) is 22.9. The number of carbonyl (C=O) groups excluding carboxylic acids is 3. The van der Waals surface area contributed by atoms with Crippen LogP contribution in [0.5, 0.6) is 5.75 Å². The van der Waals surface area contributed by atoms with E-state index in [-0.39, 0.29) is 35.6 Å². The predicted molar refractivity (Wildman–Crippen MR) is 117 cm³/mol. The average molecular weight is 441 g/mol. The number of phenols is 1. The van der Waals surface area contributed by atoms with Crippen molar-refractivity contribution in [1.29, 1.82) is 0 Å². The molecule has 2 aromatic rings. The van der Waals surface area contributed by atoms with Gasteiger partial charge in [-0.3, -0.25) is 19.2 Å². The number of hydrogen-bond acceptors (Lipinski definition) is 6. The van der Waals surface area contributed by atoms with Gasteiger partial charge in [0.05, 0.1) is 13.7 Å². The summed E-state index contributed by atoms with van der Waals surface area (Å²) in [6.07, 6.45) is 6.27. The minimum atomic E-state index is -1.28. The van der Waals surface area contributed by atoms with E-state index in [1.165, 1.54) is 34.9 Å². The first-order valence-electron chi connectivity index (χ1n) is 10.9. The maximum atomic E-state index is 13.6. The molecule has 0 bridgehead atoms. The Hall–Kier alpha value is -3.36. The van der Waals surface area contributed by atoms with Crippen molar-refractivity contribution in [2.24, 2.45) is 0 Å². The van der Waals surface area contributed by atoms with Gasteiger partial charge in [-0.2, -0.15) is 5.10 Å². The normalized spacial score (nSPS) is 21.6. The van der Waals surface area contributed by atoms with Gasteiger partial charge in [0.25, 0.3) is 5.91 Å². The molecule has 2 aliphatic rings. The van der Waals surface area contributed by atoms with Crippen LogP contribution >= 0.6 is 0 Å². The second kappa shape index (κ2) is 8.64. The zero-order valence-corrected chi connectivity index (χ0v) is 18.3. The van der Waals surface area contributed by atoms with Crippen molar-refractivity contribution in [2.45, 2.75) is 63.6 Å². The molecule has 4 rings (SSSR count). The number of rotatable bonds is 4. The van der Waals surface area contributed by atoms with E-state index >= 15 is 0 Å². The number of methoxy groups -OCH3 is 1. The Morgan fingerprint density at radius 3 is 2.44 bits per heavy atom. The van der Waals surface area contributed by atoms with Crippen molar-refractivity contribution in [3.05, 3.63) is 41.7 Å². The molecular weight excluding hydrogens is 412 g/mol. The van der Waals surface area contributed by atoms with Crippen LogP contribution in [-0.2, 0) is 16.1 Å². The molecule has 9 nitrogen and oxygen atoms in total. The molecule has 0 spiro atoms. The van der Waals surface area contributed by atoms with Crippen molar-refractivity contribution in [3.8, 4) is 5.75 Å². The monoisotopic (exact) mass is 440 g/mol. The van der Waals surface area contributed by atoms with E-state index in [2.05, 4.69) is 10.4 Å². The van der Waals surface area contributed by atoms with Gasteiger partial charge < -0.3 is 15.2 Å². The third-order valence-electron chi connectivity index (χ3n) is 6.34. The maximum absolute atomic E-state index is 13.6. The van der Waals surface area contributed by atoms with Gasteiger partial charge in [-0.25, -0.2) is 4.79 Å². The number of ether oxygens (including phenoxy) is 1. The van der Waals surface area contributed by atoms with E-state index in [0.29, 0.717) is 5.69 Å². The van der Waals surface area contributed by atoms with E-state index in [1.807, 2.05) is 0 Å². The van der Waals surface area contributed by atoms with Crippen molar-refractivity contribution >= 4 is 23.5 Å². The van der Waals surface area contributed by atoms with Crippen molar-refractivity contribution in [1.82, 2.24) is 15.1 Å². The lowest BCUT2D eigenvalue weighted by atomic mass is 9.93. The number of fused-ring (bicyclic) bond motifs is 1. The number of aromatic nitrogens is 2. The molecule has 1 fully saturated rings. The highest BCUT2D eigenvalue weighted by Gasteiger charge is 2.49. The molecule has 9 heteroatoms. The van der Waals surface area contributed by atoms with Gasteiger partial charge in [-0.15, -0.1) is 0 Å². The predicted octanol–water partition coefficient (Wildman–Crippen LogP) is 2.63. The van der Waals surface area contributed by atoms with Crippen LogP contribution in [0.15, 0.2) is 30.3 Å². The van der Waals surface area contributed by atoms with Crippen molar-refractivity contribution < 1.29 is 24.2 Å². The molecule has 2 heterocycles. The first kappa shape index (κ1) is 21.9. The molecule has 1 aliphatic heterocycles. The molecule has 32 heavy (non-hydrogen) atoms. The van der Waals surface area contributed by atoms with Crippen LogP contribution in [0.3, 0.4) is 0 Å². The Labute approximate surface area is 186 Å². The summed E-state index contributed by atoms with van der Waals surface area (Å²) < 4.78 is 6.14. The maximum Gasteiger partial charge on any atom is 0.358 e. The minimum Gasteiger partial charge on any atom is -0.508 e. The summed E-state index contributed by atoms with van der Waals surface area (Å²) in [4.78, 5) is 40.6. The lowest BCUT2D eigenvalue weighted by molar-refractivity contribution is -0.127. The number of phenolic OH excluding ortho intramolecular Hbond substituents is 1. The second-order valence-corrected chi connectivity index (χ2v) is 8.66. The van der Waals surface area contributed by atoms with Crippen LogP contribution in [0.4, 0.5) is 5.69 Å². The smallest absolute Gasteiger partial charge is 0.358 e. The third-order valence-corrected chi connectivity index (χ3v) is 6.34. The summed E-state index contributed by atoms with van der Waals surface area (Å²) in [7, 11) is 1.25. The van der Waals surface area contributed by atoms with Crippen molar-refractivity contribution in [2.75, 3.05) is 12.0 Å². The topological polar surface area (TPSA) is 114 Å². The molecule has 1 aromatic heterocycles. The molecule has 1 aromatic carbocycles. The van der Waals surface area contributed by atoms with Crippen molar-refractivity contribution in [3.63, 3.8) is 0 Å². The molecule has 2 amide bonds. The Bertz CT molecular complexity index is 1020. The second-order valence-electron chi connectivity index (χ2n) is 8.66. The molecule has 1 atom stereocenters. The first-order valence-corrected chi connectivity index (χ1v) is 10.9. The fraction of sp³-hybridized carbons (Fsp3) is 0.478. The Morgan fingerprint density at radius 2 is 1.81 bits per heavy atom.